The van der Waals surface area contributed by atoms with Crippen molar-refractivity contribution in [1.29, 1.82) is 0 Å². The largest absolute Gasteiger partial charge is 0.484 e. The number of likely N-dealkylation sites (tertiary alicyclic amines) is 2. The summed E-state index contributed by atoms with van der Waals surface area (Å²) in [4.78, 5) is 36.2. The van der Waals surface area contributed by atoms with E-state index in [-0.39, 0.29) is 24.5 Å². The van der Waals surface area contributed by atoms with Gasteiger partial charge < -0.3 is 35.0 Å². The Bertz CT molecular complexity index is 1070. The highest BCUT2D eigenvalue weighted by molar-refractivity contribution is 5.80. The molecule has 2 saturated heterocycles. The van der Waals surface area contributed by atoms with Crippen LogP contribution in [-0.2, 0) is 9.53 Å². The van der Waals surface area contributed by atoms with Gasteiger partial charge in [-0.25, -0.2) is 9.79 Å². The highest BCUT2D eigenvalue weighted by atomic mass is 16.6. The molecule has 0 saturated carbocycles. The summed E-state index contributed by atoms with van der Waals surface area (Å²) in [7, 11) is 0. The van der Waals surface area contributed by atoms with Gasteiger partial charge in [0.25, 0.3) is 5.91 Å². The lowest BCUT2D eigenvalue weighted by Gasteiger charge is -2.49. The van der Waals surface area contributed by atoms with E-state index in [0.29, 0.717) is 56.8 Å². The van der Waals surface area contributed by atoms with Crippen molar-refractivity contribution in [3.8, 4) is 5.75 Å². The Balaban J connectivity index is 1.36. The van der Waals surface area contributed by atoms with Gasteiger partial charge in [-0.15, -0.1) is 0 Å². The number of carbonyl (C=O) groups excluding carboxylic acids is 2. The molecule has 0 aromatic heterocycles. The number of unbranched alkanes of at least 4 members (excludes halogenated alkanes) is 1. The van der Waals surface area contributed by atoms with Crippen molar-refractivity contribution in [3.63, 3.8) is 0 Å². The third-order valence-electron chi connectivity index (χ3n) is 8.85. The van der Waals surface area contributed by atoms with Gasteiger partial charge in [-0.2, -0.15) is 0 Å². The Morgan fingerprint density at radius 3 is 2.45 bits per heavy atom. The van der Waals surface area contributed by atoms with Crippen LogP contribution in [0.15, 0.2) is 35.3 Å². The minimum absolute atomic E-state index is 0.00926. The van der Waals surface area contributed by atoms with Crippen LogP contribution in [0.3, 0.4) is 0 Å². The second-order valence-corrected chi connectivity index (χ2v) is 13.2. The predicted molar refractivity (Wildman–Crippen MR) is 163 cm³/mol. The molecule has 2 fully saturated rings. The molecule has 3 atom stereocenters. The van der Waals surface area contributed by atoms with Crippen LogP contribution in [0.2, 0.25) is 0 Å². The van der Waals surface area contributed by atoms with Crippen LogP contribution < -0.4 is 10.5 Å². The number of aliphatic hydroxyl groups excluding tert-OH is 1. The normalized spacial score (nSPS) is 25.6. The van der Waals surface area contributed by atoms with Crippen LogP contribution in [0.4, 0.5) is 4.79 Å². The molecular weight excluding hydrogens is 534 g/mol. The number of hydrogen-bond donors (Lipinski definition) is 2. The third kappa shape index (κ3) is 8.30. The lowest BCUT2D eigenvalue weighted by Crippen LogP contribution is -2.59. The molecule has 3 aliphatic heterocycles. The second kappa shape index (κ2) is 14.0. The monoisotopic (exact) mass is 585 g/mol. The Labute approximate surface area is 251 Å². The third-order valence-corrected chi connectivity index (χ3v) is 8.85. The molecule has 0 spiro atoms. The molecule has 3 N–H and O–H groups in total. The van der Waals surface area contributed by atoms with Gasteiger partial charge in [0.15, 0.2) is 12.6 Å². The van der Waals surface area contributed by atoms with Crippen molar-refractivity contribution in [2.75, 3.05) is 39.3 Å². The van der Waals surface area contributed by atoms with Crippen LogP contribution in [0.5, 0.6) is 5.75 Å². The molecule has 1 aromatic rings. The van der Waals surface area contributed by atoms with E-state index in [1.807, 2.05) is 60.9 Å². The molecule has 3 heterocycles. The number of para-hydroxylation sites is 1. The van der Waals surface area contributed by atoms with E-state index in [0.717, 1.165) is 44.9 Å². The molecule has 0 bridgehead atoms. The van der Waals surface area contributed by atoms with Gasteiger partial charge in [0, 0.05) is 45.1 Å². The van der Waals surface area contributed by atoms with E-state index in [2.05, 4.69) is 6.92 Å². The van der Waals surface area contributed by atoms with E-state index in [1.165, 1.54) is 0 Å². The number of rotatable bonds is 9. The molecule has 1 aromatic carbocycles. The quantitative estimate of drug-likeness (QED) is 0.445. The van der Waals surface area contributed by atoms with Crippen LogP contribution in [0.25, 0.3) is 0 Å². The second-order valence-electron chi connectivity index (χ2n) is 13.2. The summed E-state index contributed by atoms with van der Waals surface area (Å²) in [5, 5.41) is 11.5. The van der Waals surface area contributed by atoms with Gasteiger partial charge in [0.05, 0.1) is 5.54 Å². The fourth-order valence-corrected chi connectivity index (χ4v) is 6.54. The molecule has 42 heavy (non-hydrogen) atoms. The topological polar surface area (TPSA) is 121 Å². The van der Waals surface area contributed by atoms with Crippen LogP contribution in [0.1, 0.15) is 79.1 Å². The summed E-state index contributed by atoms with van der Waals surface area (Å²) in [5.74, 6) is 1.47. The highest BCUT2D eigenvalue weighted by Gasteiger charge is 2.47. The highest BCUT2D eigenvalue weighted by Crippen LogP contribution is 2.41. The molecule has 3 aliphatic rings. The molecule has 2 amide bonds. The summed E-state index contributed by atoms with van der Waals surface area (Å²) in [6.07, 6.45) is 5.78. The number of guanidine groups is 1. The van der Waals surface area contributed by atoms with Gasteiger partial charge >= 0.3 is 6.09 Å². The number of amides is 2. The van der Waals surface area contributed by atoms with Gasteiger partial charge in [-0.1, -0.05) is 38.0 Å². The molecule has 3 unspecified atom stereocenters. The van der Waals surface area contributed by atoms with Crippen LogP contribution >= 0.6 is 0 Å². The molecule has 10 heteroatoms. The average Bonchev–Trinajstić information content (AvgIpc) is 2.97. The Morgan fingerprint density at radius 2 is 1.81 bits per heavy atom. The van der Waals surface area contributed by atoms with E-state index in [9.17, 15) is 14.7 Å². The minimum Gasteiger partial charge on any atom is -0.484 e. The van der Waals surface area contributed by atoms with E-state index >= 15 is 0 Å². The maximum absolute atomic E-state index is 12.9. The smallest absolute Gasteiger partial charge is 0.410 e. The van der Waals surface area contributed by atoms with Crippen LogP contribution in [0, 0.1) is 11.8 Å². The number of nitrogens with two attached hydrogens (primary N) is 1. The SMILES string of the molecule is CCCCC1(C2CCCN(C(=O)OC(C)(C)C)C2)CC(O)N(CC2CCN(C(=O)COc3ccccc3)CC2)C(N)=N1. The van der Waals surface area contributed by atoms with Crippen molar-refractivity contribution in [3.05, 3.63) is 30.3 Å². The Morgan fingerprint density at radius 1 is 1.10 bits per heavy atom. The maximum atomic E-state index is 12.9. The maximum Gasteiger partial charge on any atom is 0.410 e. The number of hydrogen-bond acceptors (Lipinski definition) is 8. The molecule has 0 aliphatic carbocycles. The van der Waals surface area contributed by atoms with Crippen molar-refractivity contribution >= 4 is 18.0 Å². The molecule has 10 nitrogen and oxygen atoms in total. The van der Waals surface area contributed by atoms with Crippen molar-refractivity contribution < 1.29 is 24.2 Å². The van der Waals surface area contributed by atoms with Gasteiger partial charge in [0.1, 0.15) is 17.6 Å². The summed E-state index contributed by atoms with van der Waals surface area (Å²) < 4.78 is 11.3. The van der Waals surface area contributed by atoms with Gasteiger partial charge in [-0.05, 0) is 70.9 Å². The number of aliphatic imine (C=N–C) groups is 1. The van der Waals surface area contributed by atoms with Gasteiger partial charge in [-0.3, -0.25) is 4.79 Å². The summed E-state index contributed by atoms with van der Waals surface area (Å²) in [6.45, 7) is 11.0. The summed E-state index contributed by atoms with van der Waals surface area (Å²) in [5.41, 5.74) is 5.56. The summed E-state index contributed by atoms with van der Waals surface area (Å²) in [6, 6.07) is 9.38. The van der Waals surface area contributed by atoms with E-state index in [4.69, 9.17) is 20.2 Å². The summed E-state index contributed by atoms with van der Waals surface area (Å²) >= 11 is 0. The first-order valence-electron chi connectivity index (χ1n) is 15.7. The Kier molecular flexibility index (Phi) is 10.6. The number of piperidine rings is 2. The molecular formula is C32H51N5O5. The zero-order valence-electron chi connectivity index (χ0n) is 26.0. The van der Waals surface area contributed by atoms with Crippen molar-refractivity contribution in [1.82, 2.24) is 14.7 Å². The predicted octanol–water partition coefficient (Wildman–Crippen LogP) is 4.22. The number of aliphatic hydroxyl groups is 1. The van der Waals surface area contributed by atoms with Gasteiger partial charge in [0.2, 0.25) is 0 Å². The first kappa shape index (κ1) is 31.9. The zero-order valence-corrected chi connectivity index (χ0v) is 26.0. The zero-order chi connectivity index (χ0) is 30.3. The molecule has 0 radical (unpaired) electrons. The van der Waals surface area contributed by atoms with E-state index in [1.54, 1.807) is 4.90 Å². The average molecular weight is 586 g/mol. The van der Waals surface area contributed by atoms with Crippen molar-refractivity contribution in [2.45, 2.75) is 96.4 Å². The first-order chi connectivity index (χ1) is 20.0. The number of nitrogens with zero attached hydrogens (tertiary/aromatic N) is 4. The number of benzene rings is 1. The standard InChI is InChI=1S/C32H51N5O5/c1-5-6-16-32(25-11-10-17-36(22-25)30(40)42-31(2,3)4)20-27(38)37(29(33)34-32)21-24-14-18-35(19-15-24)28(39)23-41-26-12-8-7-9-13-26/h7-9,12-13,24-25,27,38H,5-6,10-11,14-23H2,1-4H3,(H2,33,34). The number of carbonyl (C=O) groups is 2. The lowest BCUT2D eigenvalue weighted by atomic mass is 9.72. The first-order valence-corrected chi connectivity index (χ1v) is 15.7. The van der Waals surface area contributed by atoms with Crippen molar-refractivity contribution in [2.24, 2.45) is 22.6 Å². The van der Waals surface area contributed by atoms with E-state index < -0.39 is 17.4 Å². The lowest BCUT2D eigenvalue weighted by molar-refractivity contribution is -0.135. The minimum atomic E-state index is -0.741. The fraction of sp³-hybridized carbons (Fsp3) is 0.719. The van der Waals surface area contributed by atoms with Crippen LogP contribution in [-0.4, -0.2) is 94.5 Å². The fourth-order valence-electron chi connectivity index (χ4n) is 6.54. The number of ether oxygens (including phenoxy) is 2. The molecule has 4 rings (SSSR count). The molecule has 234 valence electrons. The Hall–Kier alpha value is -3.01.